The Morgan fingerprint density at radius 1 is 0.409 bits per heavy atom. The van der Waals surface area contributed by atoms with E-state index in [0.717, 1.165) is 29.6 Å². The summed E-state index contributed by atoms with van der Waals surface area (Å²) in [4.78, 5) is 0. The Kier molecular flexibility index (Phi) is 13.4. The maximum Gasteiger partial charge on any atom is -0.0440 e. The Bertz CT molecular complexity index is 228. The Hall–Kier alpha value is 0. The Morgan fingerprint density at radius 3 is 1.14 bits per heavy atom. The molecule has 0 aliphatic heterocycles. The van der Waals surface area contributed by atoms with Crippen molar-refractivity contribution < 1.29 is 0 Å². The smallest absolute Gasteiger partial charge is 0.0440 e. The van der Waals surface area contributed by atoms with Crippen molar-refractivity contribution in [1.82, 2.24) is 0 Å². The quantitative estimate of drug-likeness (QED) is 0.304. The number of hydrogen-bond acceptors (Lipinski definition) is 0. The van der Waals surface area contributed by atoms with Gasteiger partial charge in [0.1, 0.15) is 0 Å². The molecule has 0 amide bonds. The van der Waals surface area contributed by atoms with Crippen LogP contribution in [0.25, 0.3) is 0 Å². The molecule has 0 heteroatoms. The lowest BCUT2D eigenvalue weighted by atomic mass is 9.89. The molecule has 3 unspecified atom stereocenters. The van der Waals surface area contributed by atoms with Crippen LogP contribution in [-0.2, 0) is 0 Å². The van der Waals surface area contributed by atoms with Crippen molar-refractivity contribution in [3.63, 3.8) is 0 Å². The fourth-order valence-electron chi connectivity index (χ4n) is 3.72. The van der Waals surface area contributed by atoms with Crippen molar-refractivity contribution in [2.24, 2.45) is 29.6 Å². The Morgan fingerprint density at radius 2 is 0.773 bits per heavy atom. The van der Waals surface area contributed by atoms with Crippen LogP contribution < -0.4 is 0 Å². The summed E-state index contributed by atoms with van der Waals surface area (Å²) in [6.45, 7) is 16.7. The van der Waals surface area contributed by atoms with Crippen molar-refractivity contribution in [2.45, 2.75) is 113 Å². The van der Waals surface area contributed by atoms with E-state index in [1.807, 2.05) is 0 Å². The third kappa shape index (κ3) is 14.9. The SMILES string of the molecule is CC(C)CCCC(C)CCCC(C)CCCC(C)CC(C)C. The highest BCUT2D eigenvalue weighted by Crippen LogP contribution is 2.23. The summed E-state index contributed by atoms with van der Waals surface area (Å²) in [5.41, 5.74) is 0. The van der Waals surface area contributed by atoms with E-state index in [-0.39, 0.29) is 0 Å². The molecular weight excluding hydrogens is 264 g/mol. The molecule has 0 bridgehead atoms. The molecule has 0 aromatic rings. The van der Waals surface area contributed by atoms with Gasteiger partial charge in [0, 0.05) is 0 Å². The average molecular weight is 311 g/mol. The maximum absolute atomic E-state index is 2.47. The van der Waals surface area contributed by atoms with E-state index in [0.29, 0.717) is 0 Å². The van der Waals surface area contributed by atoms with Gasteiger partial charge in [-0.1, -0.05) is 106 Å². The van der Waals surface area contributed by atoms with Gasteiger partial charge < -0.3 is 0 Å². The van der Waals surface area contributed by atoms with Crippen LogP contribution in [-0.4, -0.2) is 0 Å². The van der Waals surface area contributed by atoms with E-state index < -0.39 is 0 Å². The number of hydrogen-bond donors (Lipinski definition) is 0. The molecule has 0 aromatic heterocycles. The Labute approximate surface area is 142 Å². The predicted octanol–water partition coefficient (Wildman–Crippen LogP) is 8.11. The molecule has 0 rings (SSSR count). The molecule has 0 aliphatic carbocycles. The molecule has 0 N–H and O–H groups in total. The molecule has 0 radical (unpaired) electrons. The summed E-state index contributed by atoms with van der Waals surface area (Å²) in [6, 6.07) is 0. The summed E-state index contributed by atoms with van der Waals surface area (Å²) in [5.74, 6) is 4.55. The summed E-state index contributed by atoms with van der Waals surface area (Å²) in [6.07, 6.45) is 14.4. The maximum atomic E-state index is 2.47. The first-order chi connectivity index (χ1) is 10.3. The van der Waals surface area contributed by atoms with Crippen LogP contribution in [0.15, 0.2) is 0 Å². The van der Waals surface area contributed by atoms with Gasteiger partial charge >= 0.3 is 0 Å². The molecule has 3 atom stereocenters. The predicted molar refractivity (Wildman–Crippen MR) is 103 cm³/mol. The van der Waals surface area contributed by atoms with Gasteiger partial charge in [-0.3, -0.25) is 0 Å². The highest BCUT2D eigenvalue weighted by Gasteiger charge is 2.08. The second-order valence-corrected chi connectivity index (χ2v) is 9.13. The fourth-order valence-corrected chi connectivity index (χ4v) is 3.72. The van der Waals surface area contributed by atoms with Gasteiger partial charge in [-0.05, 0) is 36.0 Å². The van der Waals surface area contributed by atoms with E-state index in [4.69, 9.17) is 0 Å². The molecule has 0 saturated heterocycles. The van der Waals surface area contributed by atoms with Crippen LogP contribution in [0.4, 0.5) is 0 Å². The van der Waals surface area contributed by atoms with Gasteiger partial charge in [0.2, 0.25) is 0 Å². The molecule has 0 saturated carbocycles. The van der Waals surface area contributed by atoms with Gasteiger partial charge in [0.05, 0.1) is 0 Å². The molecule has 0 fully saturated rings. The second kappa shape index (κ2) is 13.4. The highest BCUT2D eigenvalue weighted by atomic mass is 14.1. The van der Waals surface area contributed by atoms with E-state index >= 15 is 0 Å². The normalized spacial score (nSPS) is 16.2. The summed E-state index contributed by atoms with van der Waals surface area (Å²) in [7, 11) is 0. The standard InChI is InChI=1S/C22H46/c1-18(2)11-8-12-20(5)13-9-14-21(6)15-10-16-22(7)17-19(3)4/h18-22H,8-17H2,1-7H3. The van der Waals surface area contributed by atoms with E-state index in [2.05, 4.69) is 48.5 Å². The van der Waals surface area contributed by atoms with E-state index in [9.17, 15) is 0 Å². The monoisotopic (exact) mass is 310 g/mol. The van der Waals surface area contributed by atoms with E-state index in [1.54, 1.807) is 0 Å². The largest absolute Gasteiger partial charge is 0.0628 e. The fraction of sp³-hybridized carbons (Fsp3) is 1.00. The van der Waals surface area contributed by atoms with Crippen LogP contribution in [0.3, 0.4) is 0 Å². The van der Waals surface area contributed by atoms with E-state index in [1.165, 1.54) is 64.2 Å². The topological polar surface area (TPSA) is 0 Å². The molecule has 0 nitrogen and oxygen atoms in total. The van der Waals surface area contributed by atoms with Gasteiger partial charge in [0.25, 0.3) is 0 Å². The lowest BCUT2D eigenvalue weighted by molar-refractivity contribution is 0.360. The molecule has 0 heterocycles. The lowest BCUT2D eigenvalue weighted by Crippen LogP contribution is -2.03. The summed E-state index contributed by atoms with van der Waals surface area (Å²) < 4.78 is 0. The average Bonchev–Trinajstić information content (AvgIpc) is 2.37. The zero-order chi connectivity index (χ0) is 17.0. The van der Waals surface area contributed by atoms with Crippen LogP contribution in [0.2, 0.25) is 0 Å². The van der Waals surface area contributed by atoms with Gasteiger partial charge in [-0.2, -0.15) is 0 Å². The van der Waals surface area contributed by atoms with Crippen LogP contribution in [0, 0.1) is 29.6 Å². The first-order valence-electron chi connectivity index (χ1n) is 10.3. The zero-order valence-corrected chi connectivity index (χ0v) is 17.0. The third-order valence-electron chi connectivity index (χ3n) is 5.14. The Balaban J connectivity index is 3.50. The van der Waals surface area contributed by atoms with Crippen molar-refractivity contribution >= 4 is 0 Å². The lowest BCUT2D eigenvalue weighted by Gasteiger charge is -2.17. The second-order valence-electron chi connectivity index (χ2n) is 9.13. The van der Waals surface area contributed by atoms with Gasteiger partial charge in [-0.25, -0.2) is 0 Å². The summed E-state index contributed by atoms with van der Waals surface area (Å²) in [5, 5.41) is 0. The molecule has 22 heavy (non-hydrogen) atoms. The van der Waals surface area contributed by atoms with Crippen molar-refractivity contribution in [3.05, 3.63) is 0 Å². The van der Waals surface area contributed by atoms with Crippen LogP contribution in [0.1, 0.15) is 113 Å². The van der Waals surface area contributed by atoms with Crippen LogP contribution in [0.5, 0.6) is 0 Å². The molecular formula is C22H46. The van der Waals surface area contributed by atoms with Crippen molar-refractivity contribution in [3.8, 4) is 0 Å². The molecule has 0 aromatic carbocycles. The summed E-state index contributed by atoms with van der Waals surface area (Å²) >= 11 is 0. The first-order valence-corrected chi connectivity index (χ1v) is 10.3. The zero-order valence-electron chi connectivity index (χ0n) is 17.0. The first kappa shape index (κ1) is 22.0. The number of rotatable bonds is 14. The minimum Gasteiger partial charge on any atom is -0.0628 e. The van der Waals surface area contributed by atoms with Crippen molar-refractivity contribution in [2.75, 3.05) is 0 Å². The van der Waals surface area contributed by atoms with Gasteiger partial charge in [0.15, 0.2) is 0 Å². The highest BCUT2D eigenvalue weighted by molar-refractivity contribution is 4.61. The van der Waals surface area contributed by atoms with Gasteiger partial charge in [-0.15, -0.1) is 0 Å². The van der Waals surface area contributed by atoms with Crippen molar-refractivity contribution in [1.29, 1.82) is 0 Å². The minimum atomic E-state index is 0.865. The molecule has 134 valence electrons. The molecule has 0 spiro atoms. The third-order valence-corrected chi connectivity index (χ3v) is 5.14. The molecule has 0 aliphatic rings. The van der Waals surface area contributed by atoms with Crippen LogP contribution >= 0.6 is 0 Å². The minimum absolute atomic E-state index is 0.865.